The van der Waals surface area contributed by atoms with E-state index in [-0.39, 0.29) is 5.97 Å². The summed E-state index contributed by atoms with van der Waals surface area (Å²) in [6.45, 7) is 3.48. The molecule has 0 aliphatic carbocycles. The molecule has 1 aliphatic rings. The van der Waals surface area contributed by atoms with Gasteiger partial charge >= 0.3 is 5.97 Å². The first-order valence-corrected chi connectivity index (χ1v) is 5.62. The van der Waals surface area contributed by atoms with E-state index in [0.29, 0.717) is 45.5 Å². The predicted octanol–water partition coefficient (Wildman–Crippen LogP) is 1.26. The van der Waals surface area contributed by atoms with Gasteiger partial charge in [-0.2, -0.15) is 0 Å². The van der Waals surface area contributed by atoms with Gasteiger partial charge in [0.1, 0.15) is 0 Å². The topological polar surface area (TPSA) is 55.8 Å². The van der Waals surface area contributed by atoms with Gasteiger partial charge in [0.25, 0.3) is 0 Å². The maximum atomic E-state index is 11.1. The lowest BCUT2D eigenvalue weighted by molar-refractivity contribution is -0.144. The number of hydrogen-bond donors (Lipinski definition) is 1. The second kappa shape index (κ2) is 6.08. The monoisotopic (exact) mass is 216 g/mol. The molecule has 1 aliphatic heterocycles. The molecule has 0 saturated carbocycles. The molecule has 1 fully saturated rings. The summed E-state index contributed by atoms with van der Waals surface area (Å²) in [6, 6.07) is 0. The standard InChI is InChI=1S/C11H20O4/c1-2-15-10(12)4-6-11(13)5-3-8-14-9-7-11/h13H,2-9H2,1H3. The lowest BCUT2D eigenvalue weighted by Crippen LogP contribution is -2.30. The molecule has 4 nitrogen and oxygen atoms in total. The fraction of sp³-hybridized carbons (Fsp3) is 0.909. The summed E-state index contributed by atoms with van der Waals surface area (Å²) in [5, 5.41) is 10.2. The van der Waals surface area contributed by atoms with Crippen molar-refractivity contribution < 1.29 is 19.4 Å². The van der Waals surface area contributed by atoms with Crippen LogP contribution in [-0.4, -0.2) is 36.5 Å². The van der Waals surface area contributed by atoms with Crippen LogP contribution in [0.4, 0.5) is 0 Å². The Kier molecular flexibility index (Phi) is 5.05. The maximum absolute atomic E-state index is 11.1. The van der Waals surface area contributed by atoms with Crippen molar-refractivity contribution in [3.63, 3.8) is 0 Å². The number of carbonyl (C=O) groups excluding carboxylic acids is 1. The highest BCUT2D eigenvalue weighted by Crippen LogP contribution is 2.26. The number of carbonyl (C=O) groups is 1. The number of rotatable bonds is 4. The minimum atomic E-state index is -0.733. The van der Waals surface area contributed by atoms with Crippen molar-refractivity contribution >= 4 is 5.97 Å². The fourth-order valence-electron chi connectivity index (χ4n) is 1.81. The SMILES string of the molecule is CCOC(=O)CCC1(O)CCCOCC1. The number of hydrogen-bond acceptors (Lipinski definition) is 4. The lowest BCUT2D eigenvalue weighted by Gasteiger charge is -2.25. The van der Waals surface area contributed by atoms with Gasteiger partial charge in [0.05, 0.1) is 12.2 Å². The van der Waals surface area contributed by atoms with Crippen LogP contribution in [0.25, 0.3) is 0 Å². The Balaban J connectivity index is 2.30. The quantitative estimate of drug-likeness (QED) is 0.719. The van der Waals surface area contributed by atoms with E-state index in [9.17, 15) is 9.90 Å². The van der Waals surface area contributed by atoms with E-state index in [1.54, 1.807) is 6.92 Å². The van der Waals surface area contributed by atoms with Crippen molar-refractivity contribution in [2.75, 3.05) is 19.8 Å². The van der Waals surface area contributed by atoms with Gasteiger partial charge in [-0.25, -0.2) is 0 Å². The average molecular weight is 216 g/mol. The molecule has 0 bridgehead atoms. The third-order valence-corrected chi connectivity index (χ3v) is 2.74. The minimum Gasteiger partial charge on any atom is -0.466 e. The van der Waals surface area contributed by atoms with Crippen LogP contribution in [0, 0.1) is 0 Å². The van der Waals surface area contributed by atoms with Crippen molar-refractivity contribution in [2.45, 2.75) is 44.6 Å². The average Bonchev–Trinajstić information content (AvgIpc) is 2.42. The Bertz CT molecular complexity index is 195. The van der Waals surface area contributed by atoms with Gasteiger partial charge in [0, 0.05) is 19.6 Å². The lowest BCUT2D eigenvalue weighted by atomic mass is 9.90. The van der Waals surface area contributed by atoms with E-state index in [1.807, 2.05) is 0 Å². The Morgan fingerprint density at radius 1 is 1.47 bits per heavy atom. The van der Waals surface area contributed by atoms with E-state index < -0.39 is 5.60 Å². The van der Waals surface area contributed by atoms with Crippen LogP contribution in [0.15, 0.2) is 0 Å². The highest BCUT2D eigenvalue weighted by atomic mass is 16.5. The summed E-state index contributed by atoms with van der Waals surface area (Å²) in [5.41, 5.74) is -0.733. The van der Waals surface area contributed by atoms with E-state index in [1.165, 1.54) is 0 Å². The Morgan fingerprint density at radius 2 is 2.27 bits per heavy atom. The van der Waals surface area contributed by atoms with Gasteiger partial charge in [-0.1, -0.05) is 0 Å². The zero-order valence-corrected chi connectivity index (χ0v) is 9.33. The first-order chi connectivity index (χ1) is 7.16. The molecule has 1 atom stereocenters. The molecule has 0 aromatic rings. The molecule has 0 aromatic heterocycles. The summed E-state index contributed by atoms with van der Waals surface area (Å²) in [5.74, 6) is -0.226. The molecular weight excluding hydrogens is 196 g/mol. The number of ether oxygens (including phenoxy) is 2. The highest BCUT2D eigenvalue weighted by Gasteiger charge is 2.28. The van der Waals surface area contributed by atoms with Gasteiger partial charge < -0.3 is 14.6 Å². The number of aliphatic hydroxyl groups is 1. The molecule has 15 heavy (non-hydrogen) atoms. The molecule has 4 heteroatoms. The minimum absolute atomic E-state index is 0.226. The smallest absolute Gasteiger partial charge is 0.305 e. The van der Waals surface area contributed by atoms with Crippen molar-refractivity contribution in [3.8, 4) is 0 Å². The third-order valence-electron chi connectivity index (χ3n) is 2.74. The van der Waals surface area contributed by atoms with Crippen LogP contribution in [-0.2, 0) is 14.3 Å². The van der Waals surface area contributed by atoms with Crippen LogP contribution in [0.2, 0.25) is 0 Å². The largest absolute Gasteiger partial charge is 0.466 e. The molecule has 0 amide bonds. The third kappa shape index (κ3) is 4.62. The van der Waals surface area contributed by atoms with Crippen molar-refractivity contribution in [1.82, 2.24) is 0 Å². The summed E-state index contributed by atoms with van der Waals surface area (Å²) in [7, 11) is 0. The molecule has 1 N–H and O–H groups in total. The molecule has 1 unspecified atom stereocenters. The molecule has 0 aromatic carbocycles. The second-order valence-electron chi connectivity index (χ2n) is 4.00. The zero-order chi connectivity index (χ0) is 11.1. The molecule has 1 rings (SSSR count). The summed E-state index contributed by atoms with van der Waals surface area (Å²) in [4.78, 5) is 11.1. The van der Waals surface area contributed by atoms with Gasteiger partial charge in [0.2, 0.25) is 0 Å². The van der Waals surface area contributed by atoms with Crippen LogP contribution in [0.5, 0.6) is 0 Å². The highest BCUT2D eigenvalue weighted by molar-refractivity contribution is 5.69. The van der Waals surface area contributed by atoms with Crippen LogP contribution in [0.3, 0.4) is 0 Å². The maximum Gasteiger partial charge on any atom is 0.305 e. The molecular formula is C11H20O4. The van der Waals surface area contributed by atoms with E-state index >= 15 is 0 Å². The van der Waals surface area contributed by atoms with Crippen LogP contribution < -0.4 is 0 Å². The molecule has 0 spiro atoms. The van der Waals surface area contributed by atoms with E-state index in [4.69, 9.17) is 9.47 Å². The molecule has 0 radical (unpaired) electrons. The summed E-state index contributed by atoms with van der Waals surface area (Å²) in [6.07, 6.45) is 2.97. The van der Waals surface area contributed by atoms with Crippen LogP contribution in [0.1, 0.15) is 39.0 Å². The fourth-order valence-corrected chi connectivity index (χ4v) is 1.81. The Labute approximate surface area is 90.6 Å². The van der Waals surface area contributed by atoms with Gasteiger partial charge in [0.15, 0.2) is 0 Å². The van der Waals surface area contributed by atoms with E-state index in [0.717, 1.165) is 6.42 Å². The molecule has 1 heterocycles. The first-order valence-electron chi connectivity index (χ1n) is 5.62. The van der Waals surface area contributed by atoms with E-state index in [2.05, 4.69) is 0 Å². The Hall–Kier alpha value is -0.610. The molecule has 1 saturated heterocycles. The van der Waals surface area contributed by atoms with Gasteiger partial charge in [-0.15, -0.1) is 0 Å². The van der Waals surface area contributed by atoms with Crippen molar-refractivity contribution in [2.24, 2.45) is 0 Å². The van der Waals surface area contributed by atoms with Crippen molar-refractivity contribution in [3.05, 3.63) is 0 Å². The zero-order valence-electron chi connectivity index (χ0n) is 9.33. The van der Waals surface area contributed by atoms with Gasteiger partial charge in [-0.3, -0.25) is 4.79 Å². The first kappa shape index (κ1) is 12.5. The second-order valence-corrected chi connectivity index (χ2v) is 4.00. The Morgan fingerprint density at radius 3 is 3.00 bits per heavy atom. The summed E-state index contributed by atoms with van der Waals surface area (Å²) < 4.78 is 10.1. The molecule has 88 valence electrons. The predicted molar refractivity (Wildman–Crippen MR) is 55.5 cm³/mol. The summed E-state index contributed by atoms with van der Waals surface area (Å²) >= 11 is 0. The van der Waals surface area contributed by atoms with Gasteiger partial charge in [-0.05, 0) is 32.6 Å². The van der Waals surface area contributed by atoms with Crippen LogP contribution >= 0.6 is 0 Å². The number of esters is 1. The normalized spacial score (nSPS) is 27.1. The van der Waals surface area contributed by atoms with Crippen molar-refractivity contribution in [1.29, 1.82) is 0 Å².